The van der Waals surface area contributed by atoms with Gasteiger partial charge < -0.3 is 0 Å². The van der Waals surface area contributed by atoms with Gasteiger partial charge in [0.15, 0.2) is 0 Å². The Balaban J connectivity index is 1.97. The van der Waals surface area contributed by atoms with Gasteiger partial charge in [0.2, 0.25) is 0 Å². The van der Waals surface area contributed by atoms with E-state index in [1.165, 1.54) is 74.5 Å². The molecule has 0 aliphatic heterocycles. The van der Waals surface area contributed by atoms with Crippen LogP contribution in [0.25, 0.3) is 11.1 Å². The molecule has 1 aliphatic carbocycles. The van der Waals surface area contributed by atoms with Gasteiger partial charge in [-0.05, 0) is 101 Å². The largest absolute Gasteiger partial charge is 0.0654 e. The summed E-state index contributed by atoms with van der Waals surface area (Å²) in [6, 6.07) is 20.4. The molecule has 168 valence electrons. The van der Waals surface area contributed by atoms with E-state index in [9.17, 15) is 0 Å². The minimum atomic E-state index is 1.06. The highest BCUT2D eigenvalue weighted by atomic mass is 14.3. The number of unbranched alkanes of at least 4 members (excludes halogenated alkanes) is 3. The number of hydrogen-bond donors (Lipinski definition) is 0. The number of hydrogen-bond acceptors (Lipinski definition) is 0. The third-order valence-corrected chi connectivity index (χ3v) is 7.28. The Morgan fingerprint density at radius 2 is 1.16 bits per heavy atom. The monoisotopic (exact) mass is 424 g/mol. The first-order chi connectivity index (χ1) is 15.8. The number of fused-ring (bicyclic) bond motifs is 3. The highest BCUT2D eigenvalue weighted by Crippen LogP contribution is 2.45. The van der Waals surface area contributed by atoms with Gasteiger partial charge in [0, 0.05) is 0 Å². The van der Waals surface area contributed by atoms with Gasteiger partial charge in [-0.3, -0.25) is 0 Å². The van der Waals surface area contributed by atoms with Crippen molar-refractivity contribution in [3.8, 4) is 11.1 Å². The molecule has 0 aromatic heterocycles. The second-order valence-corrected chi connectivity index (χ2v) is 9.57. The molecule has 4 rings (SSSR count). The van der Waals surface area contributed by atoms with E-state index in [1.54, 1.807) is 33.4 Å². The highest BCUT2D eigenvalue weighted by Gasteiger charge is 2.29. The van der Waals surface area contributed by atoms with Crippen molar-refractivity contribution in [2.75, 3.05) is 0 Å². The van der Waals surface area contributed by atoms with E-state index in [1.807, 2.05) is 0 Å². The van der Waals surface area contributed by atoms with Gasteiger partial charge in [-0.15, -0.1) is 0 Å². The van der Waals surface area contributed by atoms with Crippen LogP contribution in [0.1, 0.15) is 98.2 Å². The molecule has 0 heteroatoms. The van der Waals surface area contributed by atoms with Crippen LogP contribution in [0, 0.1) is 0 Å². The van der Waals surface area contributed by atoms with E-state index in [-0.39, 0.29) is 0 Å². The minimum Gasteiger partial charge on any atom is -0.0654 e. The summed E-state index contributed by atoms with van der Waals surface area (Å²) in [6.45, 7) is 7.01. The molecule has 0 atom stereocenters. The summed E-state index contributed by atoms with van der Waals surface area (Å²) in [5, 5.41) is 0. The lowest BCUT2D eigenvalue weighted by molar-refractivity contribution is 0.727. The van der Waals surface area contributed by atoms with Crippen LogP contribution < -0.4 is 0 Å². The second-order valence-electron chi connectivity index (χ2n) is 9.57. The molecular formula is C32H40. The Hall–Kier alpha value is -2.34. The van der Waals surface area contributed by atoms with E-state index in [0.717, 1.165) is 12.8 Å². The van der Waals surface area contributed by atoms with Crippen molar-refractivity contribution in [1.29, 1.82) is 0 Å². The average Bonchev–Trinajstić information content (AvgIpc) is 3.21. The lowest BCUT2D eigenvalue weighted by Crippen LogP contribution is -2.11. The Bertz CT molecular complexity index is 1030. The van der Waals surface area contributed by atoms with Crippen LogP contribution in [-0.4, -0.2) is 0 Å². The Labute approximate surface area is 196 Å². The van der Waals surface area contributed by atoms with E-state index >= 15 is 0 Å². The van der Waals surface area contributed by atoms with E-state index < -0.39 is 0 Å². The molecule has 0 saturated carbocycles. The predicted molar refractivity (Wildman–Crippen MR) is 140 cm³/mol. The average molecular weight is 425 g/mol. The zero-order chi connectivity index (χ0) is 22.3. The summed E-state index contributed by atoms with van der Waals surface area (Å²) < 4.78 is 0. The smallest absolute Gasteiger partial charge is 0.00105 e. The standard InChI is InChI=1S/C32H40/c1-4-7-18-27-28(19-8-5-2)30(22-24-15-11-10-12-16-24)32-26-21-14-13-17-25(26)23-31(32)29(27)20-9-6-3/h10-17,21H,4-9,18-20,22-23H2,1-3H3. The maximum absolute atomic E-state index is 2.38. The van der Waals surface area contributed by atoms with E-state index in [4.69, 9.17) is 0 Å². The Morgan fingerprint density at radius 3 is 1.81 bits per heavy atom. The topological polar surface area (TPSA) is 0 Å². The van der Waals surface area contributed by atoms with Gasteiger partial charge in [-0.1, -0.05) is 94.6 Å². The summed E-state index contributed by atoms with van der Waals surface area (Å²) in [6.07, 6.45) is 13.6. The lowest BCUT2D eigenvalue weighted by Gasteiger charge is -2.25. The van der Waals surface area contributed by atoms with Crippen LogP contribution in [-0.2, 0) is 32.1 Å². The number of rotatable bonds is 11. The van der Waals surface area contributed by atoms with Gasteiger partial charge in [0.05, 0.1) is 0 Å². The van der Waals surface area contributed by atoms with Crippen LogP contribution in [0.5, 0.6) is 0 Å². The van der Waals surface area contributed by atoms with Gasteiger partial charge in [0.1, 0.15) is 0 Å². The van der Waals surface area contributed by atoms with Crippen molar-refractivity contribution in [2.24, 2.45) is 0 Å². The summed E-state index contributed by atoms with van der Waals surface area (Å²) in [7, 11) is 0. The molecule has 0 bridgehead atoms. The van der Waals surface area contributed by atoms with Crippen molar-refractivity contribution in [3.63, 3.8) is 0 Å². The minimum absolute atomic E-state index is 1.06. The molecule has 1 aliphatic rings. The molecule has 0 saturated heterocycles. The van der Waals surface area contributed by atoms with Crippen molar-refractivity contribution >= 4 is 0 Å². The Kier molecular flexibility index (Phi) is 7.85. The third-order valence-electron chi connectivity index (χ3n) is 7.28. The fourth-order valence-electron chi connectivity index (χ4n) is 5.62. The summed E-state index contributed by atoms with van der Waals surface area (Å²) in [4.78, 5) is 0. The van der Waals surface area contributed by atoms with Crippen molar-refractivity contribution in [3.05, 3.63) is 93.5 Å². The molecule has 0 radical (unpaired) electrons. The molecular weight excluding hydrogens is 384 g/mol. The van der Waals surface area contributed by atoms with E-state index in [0.29, 0.717) is 0 Å². The summed E-state index contributed by atoms with van der Waals surface area (Å²) in [5.41, 5.74) is 14.5. The van der Waals surface area contributed by atoms with Gasteiger partial charge >= 0.3 is 0 Å². The first kappa shape index (κ1) is 22.8. The molecule has 32 heavy (non-hydrogen) atoms. The predicted octanol–water partition coefficient (Wildman–Crippen LogP) is 8.88. The van der Waals surface area contributed by atoms with Gasteiger partial charge in [-0.2, -0.15) is 0 Å². The zero-order valence-corrected chi connectivity index (χ0v) is 20.5. The van der Waals surface area contributed by atoms with Crippen LogP contribution >= 0.6 is 0 Å². The van der Waals surface area contributed by atoms with Crippen LogP contribution in [0.15, 0.2) is 54.6 Å². The maximum atomic E-state index is 2.38. The molecule has 0 spiro atoms. The molecule has 0 unspecified atom stereocenters. The van der Waals surface area contributed by atoms with Gasteiger partial charge in [-0.25, -0.2) is 0 Å². The lowest BCUT2D eigenvalue weighted by atomic mass is 9.79. The molecule has 3 aromatic rings. The van der Waals surface area contributed by atoms with E-state index in [2.05, 4.69) is 75.4 Å². The first-order valence-corrected chi connectivity index (χ1v) is 13.1. The van der Waals surface area contributed by atoms with Crippen LogP contribution in [0.4, 0.5) is 0 Å². The fourth-order valence-corrected chi connectivity index (χ4v) is 5.62. The van der Waals surface area contributed by atoms with Crippen molar-refractivity contribution in [1.82, 2.24) is 0 Å². The molecule has 0 amide bonds. The second kappa shape index (κ2) is 11.0. The van der Waals surface area contributed by atoms with Crippen LogP contribution in [0.2, 0.25) is 0 Å². The molecule has 3 aromatic carbocycles. The Morgan fingerprint density at radius 1 is 0.594 bits per heavy atom. The first-order valence-electron chi connectivity index (χ1n) is 13.1. The van der Waals surface area contributed by atoms with Gasteiger partial charge in [0.25, 0.3) is 0 Å². The molecule has 0 nitrogen and oxygen atoms in total. The SMILES string of the molecule is CCCCc1c(CCCC)c(Cc2ccccc2)c2c(c1CCCC)Cc1ccccc1-2. The zero-order valence-electron chi connectivity index (χ0n) is 20.5. The van der Waals surface area contributed by atoms with Crippen molar-refractivity contribution < 1.29 is 0 Å². The molecule has 0 N–H and O–H groups in total. The molecule has 0 fully saturated rings. The quantitative estimate of drug-likeness (QED) is 0.225. The third kappa shape index (κ3) is 4.70. The fraction of sp³-hybridized carbons (Fsp3) is 0.438. The highest BCUT2D eigenvalue weighted by molar-refractivity contribution is 5.83. The van der Waals surface area contributed by atoms with Crippen LogP contribution in [0.3, 0.4) is 0 Å². The maximum Gasteiger partial charge on any atom is -0.00105 e. The van der Waals surface area contributed by atoms with Crippen molar-refractivity contribution in [2.45, 2.75) is 91.4 Å². The number of benzene rings is 3. The normalized spacial score (nSPS) is 12.1. The summed E-state index contributed by atoms with van der Waals surface area (Å²) >= 11 is 0. The molecule has 0 heterocycles. The summed E-state index contributed by atoms with van der Waals surface area (Å²) in [5.74, 6) is 0.